The van der Waals surface area contributed by atoms with Gasteiger partial charge in [-0.1, -0.05) is 6.07 Å². The molecule has 1 aliphatic heterocycles. The monoisotopic (exact) mass is 358 g/mol. The maximum absolute atomic E-state index is 5.61. The number of thiocarbonyl (C=S) groups is 1. The van der Waals surface area contributed by atoms with Crippen molar-refractivity contribution < 1.29 is 4.74 Å². The summed E-state index contributed by atoms with van der Waals surface area (Å²) in [6.45, 7) is 8.91. The highest BCUT2D eigenvalue weighted by Crippen LogP contribution is 2.40. The third kappa shape index (κ3) is 3.28. The number of nitrogens with zero attached hydrogens (tertiary/aromatic N) is 3. The van der Waals surface area contributed by atoms with Gasteiger partial charge in [-0.25, -0.2) is 0 Å². The van der Waals surface area contributed by atoms with Crippen LogP contribution in [0.2, 0.25) is 0 Å². The Morgan fingerprint density at radius 2 is 2.12 bits per heavy atom. The Balaban J connectivity index is 2.03. The summed E-state index contributed by atoms with van der Waals surface area (Å²) >= 11 is 5.61. The highest BCUT2D eigenvalue weighted by Gasteiger charge is 2.40. The summed E-state index contributed by atoms with van der Waals surface area (Å²) in [5, 5.41) is 4.28. The van der Waals surface area contributed by atoms with Crippen LogP contribution in [0.15, 0.2) is 30.5 Å². The van der Waals surface area contributed by atoms with E-state index in [4.69, 9.17) is 17.0 Å². The number of rotatable bonds is 6. The SMILES string of the molecule is CCN1C(=S)NC(c2ccccn2)C1c1cc(C)n(CCOC)c1C. The summed E-state index contributed by atoms with van der Waals surface area (Å²) in [5.74, 6) is 0. The number of hydrogen-bond donors (Lipinski definition) is 1. The van der Waals surface area contributed by atoms with Crippen molar-refractivity contribution in [2.75, 3.05) is 20.3 Å². The molecule has 3 heterocycles. The summed E-state index contributed by atoms with van der Waals surface area (Å²) in [7, 11) is 1.74. The molecule has 1 fully saturated rings. The van der Waals surface area contributed by atoms with Gasteiger partial charge in [0.15, 0.2) is 5.11 Å². The van der Waals surface area contributed by atoms with Crippen molar-refractivity contribution >= 4 is 17.3 Å². The molecule has 0 aromatic carbocycles. The zero-order valence-corrected chi connectivity index (χ0v) is 16.1. The molecular formula is C19H26N4OS. The minimum absolute atomic E-state index is 0.0602. The third-order valence-corrected chi connectivity index (χ3v) is 5.34. The molecular weight excluding hydrogens is 332 g/mol. The Hall–Kier alpha value is -1.92. The zero-order chi connectivity index (χ0) is 18.0. The summed E-state index contributed by atoms with van der Waals surface area (Å²) in [6.07, 6.45) is 1.84. The van der Waals surface area contributed by atoms with E-state index in [0.29, 0.717) is 6.61 Å². The largest absolute Gasteiger partial charge is 0.383 e. The molecule has 25 heavy (non-hydrogen) atoms. The second-order valence-electron chi connectivity index (χ2n) is 6.38. The van der Waals surface area contributed by atoms with Gasteiger partial charge in [0.25, 0.3) is 0 Å². The third-order valence-electron chi connectivity index (χ3n) is 4.99. The van der Waals surface area contributed by atoms with Gasteiger partial charge in [-0.05, 0) is 56.8 Å². The number of methoxy groups -OCH3 is 1. The molecule has 0 radical (unpaired) electrons. The molecule has 2 unspecified atom stereocenters. The number of nitrogens with one attached hydrogen (secondary N) is 1. The van der Waals surface area contributed by atoms with Crippen molar-refractivity contribution in [2.24, 2.45) is 0 Å². The number of ether oxygens (including phenoxy) is 1. The van der Waals surface area contributed by atoms with Gasteiger partial charge in [-0.3, -0.25) is 4.98 Å². The van der Waals surface area contributed by atoms with Gasteiger partial charge in [0, 0.05) is 37.8 Å². The molecule has 5 nitrogen and oxygen atoms in total. The van der Waals surface area contributed by atoms with Crippen LogP contribution in [0.1, 0.15) is 41.7 Å². The maximum atomic E-state index is 5.61. The lowest BCUT2D eigenvalue weighted by atomic mass is 9.97. The average molecular weight is 359 g/mol. The predicted molar refractivity (Wildman–Crippen MR) is 104 cm³/mol. The molecule has 6 heteroatoms. The van der Waals surface area contributed by atoms with Crippen LogP contribution in [0.25, 0.3) is 0 Å². The molecule has 2 atom stereocenters. The van der Waals surface area contributed by atoms with E-state index in [0.717, 1.165) is 23.9 Å². The Morgan fingerprint density at radius 3 is 2.76 bits per heavy atom. The molecule has 2 aromatic heterocycles. The normalized spacial score (nSPS) is 20.2. The van der Waals surface area contributed by atoms with Crippen LogP contribution in [0.4, 0.5) is 0 Å². The minimum atomic E-state index is 0.0602. The predicted octanol–water partition coefficient (Wildman–Crippen LogP) is 3.14. The number of hydrogen-bond acceptors (Lipinski definition) is 3. The lowest BCUT2D eigenvalue weighted by Crippen LogP contribution is -2.29. The van der Waals surface area contributed by atoms with Gasteiger partial charge >= 0.3 is 0 Å². The molecule has 0 aliphatic carbocycles. The van der Waals surface area contributed by atoms with Crippen LogP contribution in [0.3, 0.4) is 0 Å². The Morgan fingerprint density at radius 1 is 1.32 bits per heavy atom. The van der Waals surface area contributed by atoms with Crippen molar-refractivity contribution in [1.29, 1.82) is 0 Å². The van der Waals surface area contributed by atoms with Crippen LogP contribution in [-0.4, -0.2) is 39.8 Å². The van der Waals surface area contributed by atoms with Gasteiger partial charge in [0.05, 0.1) is 24.4 Å². The highest BCUT2D eigenvalue weighted by molar-refractivity contribution is 7.80. The van der Waals surface area contributed by atoms with Crippen LogP contribution in [0, 0.1) is 13.8 Å². The summed E-state index contributed by atoms with van der Waals surface area (Å²) in [4.78, 5) is 6.83. The van der Waals surface area contributed by atoms with E-state index in [2.05, 4.69) is 52.7 Å². The minimum Gasteiger partial charge on any atom is -0.383 e. The van der Waals surface area contributed by atoms with Crippen molar-refractivity contribution in [3.8, 4) is 0 Å². The van der Waals surface area contributed by atoms with Gasteiger partial charge in [-0.15, -0.1) is 0 Å². The quantitative estimate of drug-likeness (QED) is 0.804. The molecule has 1 saturated heterocycles. The number of aromatic nitrogens is 2. The second-order valence-corrected chi connectivity index (χ2v) is 6.77. The molecule has 0 spiro atoms. The van der Waals surface area contributed by atoms with Crippen LogP contribution in [-0.2, 0) is 11.3 Å². The Bertz CT molecular complexity index is 743. The van der Waals surface area contributed by atoms with Gasteiger partial charge in [0.2, 0.25) is 0 Å². The fourth-order valence-corrected chi connectivity index (χ4v) is 4.11. The smallest absolute Gasteiger partial charge is 0.170 e. The van der Waals surface area contributed by atoms with Crippen molar-refractivity contribution in [1.82, 2.24) is 19.8 Å². The van der Waals surface area contributed by atoms with E-state index >= 15 is 0 Å². The number of likely N-dealkylation sites (N-methyl/N-ethyl adjacent to an activating group) is 1. The van der Waals surface area contributed by atoms with E-state index < -0.39 is 0 Å². The molecule has 0 bridgehead atoms. The van der Waals surface area contributed by atoms with Gasteiger partial charge in [-0.2, -0.15) is 0 Å². The highest BCUT2D eigenvalue weighted by atomic mass is 32.1. The van der Waals surface area contributed by atoms with E-state index in [1.54, 1.807) is 7.11 Å². The first-order valence-electron chi connectivity index (χ1n) is 8.72. The Kier molecular flexibility index (Phi) is 5.39. The first-order chi connectivity index (χ1) is 12.1. The lowest BCUT2D eigenvalue weighted by molar-refractivity contribution is 0.186. The molecule has 1 N–H and O–H groups in total. The first-order valence-corrected chi connectivity index (χ1v) is 9.13. The molecule has 134 valence electrons. The fourth-order valence-electron chi connectivity index (χ4n) is 3.74. The Labute approximate surface area is 155 Å². The van der Waals surface area contributed by atoms with E-state index in [1.807, 2.05) is 18.3 Å². The van der Waals surface area contributed by atoms with Crippen LogP contribution >= 0.6 is 12.2 Å². The lowest BCUT2D eigenvalue weighted by Gasteiger charge is -2.27. The van der Waals surface area contributed by atoms with Crippen molar-refractivity contribution in [2.45, 2.75) is 39.4 Å². The molecule has 1 aliphatic rings. The second kappa shape index (κ2) is 7.54. The zero-order valence-electron chi connectivity index (χ0n) is 15.3. The molecule has 2 aromatic rings. The summed E-state index contributed by atoms with van der Waals surface area (Å²) in [5.41, 5.74) is 4.84. The van der Waals surface area contributed by atoms with Gasteiger partial charge < -0.3 is 19.5 Å². The molecule has 3 rings (SSSR count). The maximum Gasteiger partial charge on any atom is 0.170 e. The molecule has 0 saturated carbocycles. The van der Waals surface area contributed by atoms with Crippen LogP contribution < -0.4 is 5.32 Å². The van der Waals surface area contributed by atoms with Gasteiger partial charge in [0.1, 0.15) is 0 Å². The van der Waals surface area contributed by atoms with Crippen LogP contribution in [0.5, 0.6) is 0 Å². The number of pyridine rings is 1. The topological polar surface area (TPSA) is 42.3 Å². The summed E-state index contributed by atoms with van der Waals surface area (Å²) in [6, 6.07) is 8.53. The average Bonchev–Trinajstić information content (AvgIpc) is 3.10. The van der Waals surface area contributed by atoms with Crippen molar-refractivity contribution in [3.63, 3.8) is 0 Å². The summed E-state index contributed by atoms with van der Waals surface area (Å²) < 4.78 is 7.59. The fraction of sp³-hybridized carbons (Fsp3) is 0.474. The standard InChI is InChI=1S/C19H26N4OS/c1-5-22-18(15-12-13(2)23(14(15)3)10-11-24-4)17(21-19(22)25)16-8-6-7-9-20-16/h6-9,12,17-18H,5,10-11H2,1-4H3,(H,21,25). The van der Waals surface area contributed by atoms with E-state index in [1.165, 1.54) is 17.0 Å². The van der Waals surface area contributed by atoms with Crippen molar-refractivity contribution in [3.05, 3.63) is 53.1 Å². The first kappa shape index (κ1) is 17.9. The molecule has 0 amide bonds. The van der Waals surface area contributed by atoms with E-state index in [9.17, 15) is 0 Å². The van der Waals surface area contributed by atoms with E-state index in [-0.39, 0.29) is 12.1 Å². The number of aryl methyl sites for hydroxylation is 1.